The van der Waals surface area contributed by atoms with E-state index in [-0.39, 0.29) is 5.60 Å². The van der Waals surface area contributed by atoms with Crippen LogP contribution in [0.15, 0.2) is 0 Å². The lowest BCUT2D eigenvalue weighted by Gasteiger charge is -2.20. The highest BCUT2D eigenvalue weighted by Gasteiger charge is 2.34. The van der Waals surface area contributed by atoms with E-state index in [4.69, 9.17) is 4.74 Å². The van der Waals surface area contributed by atoms with Crippen molar-refractivity contribution in [2.75, 3.05) is 26.2 Å². The first kappa shape index (κ1) is 12.9. The Morgan fingerprint density at radius 3 is 2.67 bits per heavy atom. The average Bonchev–Trinajstić information content (AvgIpc) is 2.97. The van der Waals surface area contributed by atoms with Crippen LogP contribution >= 0.6 is 0 Å². The summed E-state index contributed by atoms with van der Waals surface area (Å²) in [6.07, 6.45) is 7.16. The SMILES string of the molecule is CC1(C)CCC(CNCC2CCN(C3CC3)C2)O1. The zero-order valence-electron chi connectivity index (χ0n) is 12.0. The molecule has 2 heterocycles. The Hall–Kier alpha value is -0.120. The Morgan fingerprint density at radius 1 is 1.17 bits per heavy atom. The first-order chi connectivity index (χ1) is 8.62. The van der Waals surface area contributed by atoms with Crippen LogP contribution in [0, 0.1) is 5.92 Å². The monoisotopic (exact) mass is 252 g/mol. The van der Waals surface area contributed by atoms with Crippen LogP contribution in [0.25, 0.3) is 0 Å². The molecule has 0 bridgehead atoms. The number of nitrogens with one attached hydrogen (secondary N) is 1. The van der Waals surface area contributed by atoms with Crippen molar-refractivity contribution >= 4 is 0 Å². The van der Waals surface area contributed by atoms with Crippen LogP contribution in [-0.2, 0) is 4.74 Å². The van der Waals surface area contributed by atoms with Gasteiger partial charge in [0.1, 0.15) is 0 Å². The van der Waals surface area contributed by atoms with Crippen LogP contribution < -0.4 is 5.32 Å². The molecule has 3 fully saturated rings. The fourth-order valence-corrected chi connectivity index (χ4v) is 3.47. The lowest BCUT2D eigenvalue weighted by Crippen LogP contribution is -2.33. The lowest BCUT2D eigenvalue weighted by atomic mass is 10.1. The first-order valence-corrected chi connectivity index (χ1v) is 7.75. The van der Waals surface area contributed by atoms with Crippen molar-refractivity contribution in [3.8, 4) is 0 Å². The summed E-state index contributed by atoms with van der Waals surface area (Å²) in [5, 5.41) is 3.64. The molecule has 0 aromatic rings. The summed E-state index contributed by atoms with van der Waals surface area (Å²) in [4.78, 5) is 2.70. The molecule has 3 heteroatoms. The first-order valence-electron chi connectivity index (χ1n) is 7.75. The number of ether oxygens (including phenoxy) is 1. The van der Waals surface area contributed by atoms with Gasteiger partial charge in [-0.05, 0) is 65.0 Å². The van der Waals surface area contributed by atoms with Crippen LogP contribution in [0.2, 0.25) is 0 Å². The highest BCUT2D eigenvalue weighted by Crippen LogP contribution is 2.31. The molecule has 0 amide bonds. The van der Waals surface area contributed by atoms with Crippen LogP contribution in [0.1, 0.15) is 46.0 Å². The Kier molecular flexibility index (Phi) is 3.65. The van der Waals surface area contributed by atoms with E-state index in [9.17, 15) is 0 Å². The standard InChI is InChI=1S/C15H28N2O/c1-15(2)7-5-14(18-15)10-16-9-12-6-8-17(11-12)13-3-4-13/h12-14,16H,3-11H2,1-2H3. The third-order valence-corrected chi connectivity index (χ3v) is 4.74. The van der Waals surface area contributed by atoms with E-state index in [0.29, 0.717) is 6.10 Å². The minimum absolute atomic E-state index is 0.114. The maximum Gasteiger partial charge on any atom is 0.0707 e. The molecule has 1 N–H and O–H groups in total. The van der Waals surface area contributed by atoms with Gasteiger partial charge in [0, 0.05) is 19.1 Å². The topological polar surface area (TPSA) is 24.5 Å². The predicted octanol–water partition coefficient (Wildman–Crippen LogP) is 2.02. The Labute approximate surface area is 111 Å². The minimum Gasteiger partial charge on any atom is -0.371 e. The van der Waals surface area contributed by atoms with Crippen LogP contribution in [0.5, 0.6) is 0 Å². The molecule has 0 radical (unpaired) electrons. The Morgan fingerprint density at radius 2 is 2.00 bits per heavy atom. The molecular formula is C15H28N2O. The number of hydrogen-bond acceptors (Lipinski definition) is 3. The molecule has 0 aromatic heterocycles. The predicted molar refractivity (Wildman–Crippen MR) is 73.8 cm³/mol. The maximum atomic E-state index is 6.01. The van der Waals surface area contributed by atoms with Gasteiger partial charge >= 0.3 is 0 Å². The summed E-state index contributed by atoms with van der Waals surface area (Å²) >= 11 is 0. The second-order valence-electron chi connectivity index (χ2n) is 7.08. The van der Waals surface area contributed by atoms with E-state index in [0.717, 1.165) is 18.5 Å². The summed E-state index contributed by atoms with van der Waals surface area (Å²) in [7, 11) is 0. The molecule has 0 aromatic carbocycles. The lowest BCUT2D eigenvalue weighted by molar-refractivity contribution is -0.0143. The largest absolute Gasteiger partial charge is 0.371 e. The van der Waals surface area contributed by atoms with E-state index in [2.05, 4.69) is 24.1 Å². The fourth-order valence-electron chi connectivity index (χ4n) is 3.47. The van der Waals surface area contributed by atoms with Crippen molar-refractivity contribution in [1.29, 1.82) is 0 Å². The van der Waals surface area contributed by atoms with Crippen molar-refractivity contribution in [2.45, 2.75) is 63.7 Å². The molecule has 18 heavy (non-hydrogen) atoms. The zero-order chi connectivity index (χ0) is 12.6. The molecule has 104 valence electrons. The van der Waals surface area contributed by atoms with Crippen molar-refractivity contribution in [3.63, 3.8) is 0 Å². The number of likely N-dealkylation sites (tertiary alicyclic amines) is 1. The van der Waals surface area contributed by atoms with Gasteiger partial charge in [-0.3, -0.25) is 0 Å². The molecule has 3 aliphatic rings. The molecule has 3 rings (SSSR count). The maximum absolute atomic E-state index is 6.01. The molecule has 2 aliphatic heterocycles. The summed E-state index contributed by atoms with van der Waals surface area (Å²) < 4.78 is 6.01. The van der Waals surface area contributed by atoms with Gasteiger partial charge in [0.2, 0.25) is 0 Å². The highest BCUT2D eigenvalue weighted by molar-refractivity contribution is 4.90. The molecule has 2 atom stereocenters. The van der Waals surface area contributed by atoms with Gasteiger partial charge in [-0.15, -0.1) is 0 Å². The minimum atomic E-state index is 0.114. The fraction of sp³-hybridized carbons (Fsp3) is 1.00. The molecule has 1 aliphatic carbocycles. The van der Waals surface area contributed by atoms with E-state index in [1.54, 1.807) is 0 Å². The quantitative estimate of drug-likeness (QED) is 0.810. The van der Waals surface area contributed by atoms with Crippen molar-refractivity contribution in [2.24, 2.45) is 5.92 Å². The van der Waals surface area contributed by atoms with E-state index >= 15 is 0 Å². The zero-order valence-corrected chi connectivity index (χ0v) is 12.0. The van der Waals surface area contributed by atoms with E-state index in [1.807, 2.05) is 0 Å². The molecule has 0 spiro atoms. The normalized spacial score (nSPS) is 36.3. The van der Waals surface area contributed by atoms with Gasteiger partial charge in [-0.1, -0.05) is 0 Å². The van der Waals surface area contributed by atoms with E-state index in [1.165, 1.54) is 51.7 Å². The second-order valence-corrected chi connectivity index (χ2v) is 7.08. The molecule has 2 saturated heterocycles. The van der Waals surface area contributed by atoms with Gasteiger partial charge in [-0.2, -0.15) is 0 Å². The smallest absolute Gasteiger partial charge is 0.0707 e. The third kappa shape index (κ3) is 3.25. The molecule has 2 unspecified atom stereocenters. The van der Waals surface area contributed by atoms with Crippen LogP contribution in [-0.4, -0.2) is 48.8 Å². The number of nitrogens with zero attached hydrogens (tertiary/aromatic N) is 1. The highest BCUT2D eigenvalue weighted by atomic mass is 16.5. The van der Waals surface area contributed by atoms with E-state index < -0.39 is 0 Å². The molecule has 1 saturated carbocycles. The summed E-state index contributed by atoms with van der Waals surface area (Å²) in [5.74, 6) is 0.875. The average molecular weight is 252 g/mol. The van der Waals surface area contributed by atoms with Crippen molar-refractivity contribution < 1.29 is 4.74 Å². The summed E-state index contributed by atoms with van der Waals surface area (Å²) in [6.45, 7) is 9.31. The van der Waals surface area contributed by atoms with Gasteiger partial charge in [0.15, 0.2) is 0 Å². The molecular weight excluding hydrogens is 224 g/mol. The van der Waals surface area contributed by atoms with Gasteiger partial charge in [0.05, 0.1) is 11.7 Å². The van der Waals surface area contributed by atoms with Crippen LogP contribution in [0.4, 0.5) is 0 Å². The Bertz CT molecular complexity index is 288. The van der Waals surface area contributed by atoms with Gasteiger partial charge < -0.3 is 15.0 Å². The third-order valence-electron chi connectivity index (χ3n) is 4.74. The molecule has 3 nitrogen and oxygen atoms in total. The van der Waals surface area contributed by atoms with Crippen molar-refractivity contribution in [1.82, 2.24) is 10.2 Å². The number of rotatable bonds is 5. The number of hydrogen-bond donors (Lipinski definition) is 1. The van der Waals surface area contributed by atoms with Crippen molar-refractivity contribution in [3.05, 3.63) is 0 Å². The second kappa shape index (κ2) is 5.10. The summed E-state index contributed by atoms with van der Waals surface area (Å²) in [6, 6.07) is 0.953. The van der Waals surface area contributed by atoms with Crippen LogP contribution in [0.3, 0.4) is 0 Å². The summed E-state index contributed by atoms with van der Waals surface area (Å²) in [5.41, 5.74) is 0.114. The van der Waals surface area contributed by atoms with Gasteiger partial charge in [-0.25, -0.2) is 0 Å². The Balaban J connectivity index is 1.31. The van der Waals surface area contributed by atoms with Gasteiger partial charge in [0.25, 0.3) is 0 Å².